The Kier molecular flexibility index (Phi) is 4.53. The zero-order valence-corrected chi connectivity index (χ0v) is 12.4. The van der Waals surface area contributed by atoms with E-state index in [1.807, 2.05) is 25.1 Å². The summed E-state index contributed by atoms with van der Waals surface area (Å²) in [6.07, 6.45) is 0. The Morgan fingerprint density at radius 3 is 2.65 bits per heavy atom. The predicted octanol–water partition coefficient (Wildman–Crippen LogP) is 4.01. The second-order valence-electron chi connectivity index (χ2n) is 4.46. The Morgan fingerprint density at radius 1 is 1.25 bits per heavy atom. The highest BCUT2D eigenvalue weighted by molar-refractivity contribution is 6.42. The Hall–Kier alpha value is -1.71. The van der Waals surface area contributed by atoms with E-state index in [-0.39, 0.29) is 0 Å². The van der Waals surface area contributed by atoms with Crippen molar-refractivity contribution in [2.75, 3.05) is 5.32 Å². The van der Waals surface area contributed by atoms with Crippen molar-refractivity contribution in [3.8, 4) is 0 Å². The number of anilines is 1. The standard InChI is InChI=1S/C15H14Cl2N2O/c1-9-7-10(15(18)20)5-6-13(9)19-8-11-3-2-4-12(16)14(11)17/h2-7,19H,8H2,1H3,(H2,18,20). The maximum Gasteiger partial charge on any atom is 0.248 e. The number of aryl methyl sites for hydroxylation is 1. The minimum atomic E-state index is -0.433. The maximum absolute atomic E-state index is 11.1. The van der Waals surface area contributed by atoms with Crippen LogP contribution in [0.5, 0.6) is 0 Å². The van der Waals surface area contributed by atoms with Gasteiger partial charge in [0.2, 0.25) is 5.91 Å². The van der Waals surface area contributed by atoms with Gasteiger partial charge in [-0.1, -0.05) is 35.3 Å². The zero-order valence-electron chi connectivity index (χ0n) is 10.9. The molecule has 0 radical (unpaired) electrons. The molecule has 2 aromatic rings. The average Bonchev–Trinajstić information content (AvgIpc) is 2.41. The molecule has 0 aromatic heterocycles. The van der Waals surface area contributed by atoms with Crippen LogP contribution in [0.1, 0.15) is 21.5 Å². The topological polar surface area (TPSA) is 55.1 Å². The van der Waals surface area contributed by atoms with Gasteiger partial charge >= 0.3 is 0 Å². The van der Waals surface area contributed by atoms with Gasteiger partial charge in [0.15, 0.2) is 0 Å². The van der Waals surface area contributed by atoms with Crippen LogP contribution in [0, 0.1) is 6.92 Å². The summed E-state index contributed by atoms with van der Waals surface area (Å²) in [6, 6.07) is 10.8. The quantitative estimate of drug-likeness (QED) is 0.896. The maximum atomic E-state index is 11.1. The molecule has 3 N–H and O–H groups in total. The lowest BCUT2D eigenvalue weighted by Gasteiger charge is -2.12. The molecule has 0 saturated carbocycles. The Balaban J connectivity index is 2.15. The number of halogens is 2. The van der Waals surface area contributed by atoms with E-state index in [1.165, 1.54) is 0 Å². The lowest BCUT2D eigenvalue weighted by atomic mass is 10.1. The zero-order chi connectivity index (χ0) is 14.7. The van der Waals surface area contributed by atoms with E-state index >= 15 is 0 Å². The van der Waals surface area contributed by atoms with Gasteiger partial charge in [-0.2, -0.15) is 0 Å². The number of carbonyl (C=O) groups excluding carboxylic acids is 1. The number of primary amides is 1. The van der Waals surface area contributed by atoms with Crippen molar-refractivity contribution in [2.24, 2.45) is 5.73 Å². The number of amides is 1. The Bertz CT molecular complexity index is 656. The van der Waals surface area contributed by atoms with Crippen molar-refractivity contribution in [1.29, 1.82) is 0 Å². The molecule has 0 atom stereocenters. The fourth-order valence-corrected chi connectivity index (χ4v) is 2.28. The first-order chi connectivity index (χ1) is 9.49. The summed E-state index contributed by atoms with van der Waals surface area (Å²) in [6.45, 7) is 2.46. The molecule has 0 aliphatic carbocycles. The number of carbonyl (C=O) groups is 1. The fourth-order valence-electron chi connectivity index (χ4n) is 1.89. The first-order valence-electron chi connectivity index (χ1n) is 6.06. The molecule has 3 nitrogen and oxygen atoms in total. The van der Waals surface area contributed by atoms with Crippen molar-refractivity contribution in [1.82, 2.24) is 0 Å². The van der Waals surface area contributed by atoms with Crippen molar-refractivity contribution >= 4 is 34.8 Å². The van der Waals surface area contributed by atoms with E-state index in [0.717, 1.165) is 16.8 Å². The second-order valence-corrected chi connectivity index (χ2v) is 5.25. The molecule has 0 aliphatic heterocycles. The van der Waals surface area contributed by atoms with Crippen molar-refractivity contribution < 1.29 is 4.79 Å². The van der Waals surface area contributed by atoms with Crippen LogP contribution in [0.15, 0.2) is 36.4 Å². The van der Waals surface area contributed by atoms with Crippen molar-refractivity contribution in [3.63, 3.8) is 0 Å². The van der Waals surface area contributed by atoms with Gasteiger partial charge in [0.1, 0.15) is 0 Å². The van der Waals surface area contributed by atoms with Crippen LogP contribution in [0.3, 0.4) is 0 Å². The summed E-state index contributed by atoms with van der Waals surface area (Å²) in [5.74, 6) is -0.433. The molecule has 0 heterocycles. The molecule has 0 aliphatic rings. The number of hydrogen-bond donors (Lipinski definition) is 2. The summed E-state index contributed by atoms with van der Waals surface area (Å²) >= 11 is 12.1. The molecule has 1 amide bonds. The first-order valence-corrected chi connectivity index (χ1v) is 6.82. The molecule has 104 valence electrons. The number of benzene rings is 2. The lowest BCUT2D eigenvalue weighted by molar-refractivity contribution is 0.1000. The Morgan fingerprint density at radius 2 is 2.00 bits per heavy atom. The van der Waals surface area contributed by atoms with Crippen LogP contribution >= 0.6 is 23.2 Å². The normalized spacial score (nSPS) is 10.3. The molecule has 0 fully saturated rings. The smallest absolute Gasteiger partial charge is 0.248 e. The largest absolute Gasteiger partial charge is 0.381 e. The molecule has 0 bridgehead atoms. The van der Waals surface area contributed by atoms with E-state index in [0.29, 0.717) is 22.2 Å². The highest BCUT2D eigenvalue weighted by Gasteiger charge is 2.06. The number of hydrogen-bond acceptors (Lipinski definition) is 2. The number of nitrogens with one attached hydrogen (secondary N) is 1. The Labute approximate surface area is 127 Å². The second kappa shape index (κ2) is 6.16. The van der Waals surface area contributed by atoms with Gasteiger partial charge in [-0.25, -0.2) is 0 Å². The van der Waals surface area contributed by atoms with Gasteiger partial charge in [0.25, 0.3) is 0 Å². The molecule has 5 heteroatoms. The van der Waals surface area contributed by atoms with Gasteiger partial charge in [-0.05, 0) is 42.3 Å². The predicted molar refractivity (Wildman–Crippen MR) is 83.5 cm³/mol. The minimum absolute atomic E-state index is 0.433. The van der Waals surface area contributed by atoms with E-state index in [4.69, 9.17) is 28.9 Å². The van der Waals surface area contributed by atoms with Gasteiger partial charge < -0.3 is 11.1 Å². The van der Waals surface area contributed by atoms with Crippen LogP contribution in [-0.4, -0.2) is 5.91 Å². The summed E-state index contributed by atoms with van der Waals surface area (Å²) in [4.78, 5) is 11.1. The molecule has 0 spiro atoms. The SMILES string of the molecule is Cc1cc(C(N)=O)ccc1NCc1cccc(Cl)c1Cl. The van der Waals surface area contributed by atoms with E-state index in [1.54, 1.807) is 18.2 Å². The van der Waals surface area contributed by atoms with Crippen LogP contribution < -0.4 is 11.1 Å². The molecular formula is C15H14Cl2N2O. The number of nitrogens with two attached hydrogens (primary N) is 1. The highest BCUT2D eigenvalue weighted by atomic mass is 35.5. The lowest BCUT2D eigenvalue weighted by Crippen LogP contribution is -2.11. The monoisotopic (exact) mass is 308 g/mol. The third-order valence-corrected chi connectivity index (χ3v) is 3.87. The summed E-state index contributed by atoms with van der Waals surface area (Å²) in [5.41, 5.74) is 8.52. The van der Waals surface area contributed by atoms with Crippen LogP contribution in [0.4, 0.5) is 5.69 Å². The van der Waals surface area contributed by atoms with Crippen molar-refractivity contribution in [3.05, 3.63) is 63.1 Å². The third kappa shape index (κ3) is 3.24. The highest BCUT2D eigenvalue weighted by Crippen LogP contribution is 2.26. The summed E-state index contributed by atoms with van der Waals surface area (Å²) in [7, 11) is 0. The molecule has 2 rings (SSSR count). The van der Waals surface area contributed by atoms with Gasteiger partial charge in [-0.15, -0.1) is 0 Å². The summed E-state index contributed by atoms with van der Waals surface area (Å²) < 4.78 is 0. The average molecular weight is 309 g/mol. The minimum Gasteiger partial charge on any atom is -0.381 e. The van der Waals surface area contributed by atoms with Gasteiger partial charge in [-0.3, -0.25) is 4.79 Å². The van der Waals surface area contributed by atoms with E-state index in [9.17, 15) is 4.79 Å². The summed E-state index contributed by atoms with van der Waals surface area (Å²) in [5, 5.41) is 4.35. The molecule has 2 aromatic carbocycles. The van der Waals surface area contributed by atoms with Crippen molar-refractivity contribution in [2.45, 2.75) is 13.5 Å². The third-order valence-electron chi connectivity index (χ3n) is 3.01. The van der Waals surface area contributed by atoms with E-state index in [2.05, 4.69) is 5.32 Å². The fraction of sp³-hybridized carbons (Fsp3) is 0.133. The molecular weight excluding hydrogens is 295 g/mol. The van der Waals surface area contributed by atoms with Gasteiger partial charge in [0.05, 0.1) is 10.0 Å². The van der Waals surface area contributed by atoms with E-state index < -0.39 is 5.91 Å². The molecule has 0 unspecified atom stereocenters. The number of rotatable bonds is 4. The molecule has 0 saturated heterocycles. The molecule has 20 heavy (non-hydrogen) atoms. The van der Waals surface area contributed by atoms with Crippen LogP contribution in [-0.2, 0) is 6.54 Å². The first kappa shape index (κ1) is 14.7. The van der Waals surface area contributed by atoms with Crippen LogP contribution in [0.2, 0.25) is 10.0 Å². The van der Waals surface area contributed by atoms with Gasteiger partial charge in [0, 0.05) is 17.8 Å². The van der Waals surface area contributed by atoms with Crippen LogP contribution in [0.25, 0.3) is 0 Å².